The van der Waals surface area contributed by atoms with Crippen LogP contribution in [0, 0.1) is 5.82 Å². The van der Waals surface area contributed by atoms with Crippen LogP contribution in [0.4, 0.5) is 4.39 Å². The van der Waals surface area contributed by atoms with E-state index in [4.69, 9.17) is 5.73 Å². The van der Waals surface area contributed by atoms with Gasteiger partial charge in [0.2, 0.25) is 0 Å². The van der Waals surface area contributed by atoms with Crippen LogP contribution in [-0.2, 0) is 6.42 Å². The van der Waals surface area contributed by atoms with Gasteiger partial charge in [-0.25, -0.2) is 9.37 Å². The van der Waals surface area contributed by atoms with E-state index in [0.717, 1.165) is 11.4 Å². The highest BCUT2D eigenvalue weighted by molar-refractivity contribution is 5.18. The van der Waals surface area contributed by atoms with Gasteiger partial charge in [0.05, 0.1) is 6.04 Å². The molecule has 1 unspecified atom stereocenters. The smallest absolute Gasteiger partial charge is 0.123 e. The van der Waals surface area contributed by atoms with E-state index in [1.165, 1.54) is 12.1 Å². The molecule has 0 saturated heterocycles. The number of rotatable bonds is 3. The fourth-order valence-electron chi connectivity index (χ4n) is 1.45. The minimum Gasteiger partial charge on any atom is -0.347 e. The Kier molecular flexibility index (Phi) is 2.78. The minimum absolute atomic E-state index is 0.175. The number of nitrogens with zero attached hydrogens (tertiary/aromatic N) is 1. The van der Waals surface area contributed by atoms with E-state index in [0.29, 0.717) is 6.42 Å². The van der Waals surface area contributed by atoms with Crippen molar-refractivity contribution in [3.8, 4) is 0 Å². The maximum Gasteiger partial charge on any atom is 0.123 e. The molecule has 78 valence electrons. The van der Waals surface area contributed by atoms with Gasteiger partial charge in [-0.05, 0) is 24.1 Å². The second kappa shape index (κ2) is 4.23. The molecule has 4 heteroatoms. The van der Waals surface area contributed by atoms with Crippen molar-refractivity contribution in [3.63, 3.8) is 0 Å². The van der Waals surface area contributed by atoms with Gasteiger partial charge in [-0.15, -0.1) is 0 Å². The monoisotopic (exact) mass is 205 g/mol. The molecule has 0 amide bonds. The van der Waals surface area contributed by atoms with E-state index in [9.17, 15) is 4.39 Å². The summed E-state index contributed by atoms with van der Waals surface area (Å²) in [6.07, 6.45) is 4.05. The maximum atomic E-state index is 12.6. The van der Waals surface area contributed by atoms with Crippen molar-refractivity contribution in [1.82, 2.24) is 9.97 Å². The number of hydrogen-bond acceptors (Lipinski definition) is 2. The molecule has 0 radical (unpaired) electrons. The zero-order valence-electron chi connectivity index (χ0n) is 8.15. The molecule has 1 heterocycles. The molecule has 1 atom stereocenters. The van der Waals surface area contributed by atoms with Crippen LogP contribution in [0.5, 0.6) is 0 Å². The Morgan fingerprint density at radius 1 is 1.33 bits per heavy atom. The molecule has 1 aromatic heterocycles. The molecule has 1 aromatic carbocycles. The highest BCUT2D eigenvalue weighted by Gasteiger charge is 2.08. The molecular weight excluding hydrogens is 193 g/mol. The van der Waals surface area contributed by atoms with Crippen molar-refractivity contribution in [2.75, 3.05) is 0 Å². The Hall–Kier alpha value is -1.68. The normalized spacial score (nSPS) is 12.7. The summed E-state index contributed by atoms with van der Waals surface area (Å²) in [5.41, 5.74) is 6.92. The van der Waals surface area contributed by atoms with Gasteiger partial charge in [0, 0.05) is 12.4 Å². The average Bonchev–Trinajstić information content (AvgIpc) is 2.74. The lowest BCUT2D eigenvalue weighted by molar-refractivity contribution is 0.624. The average molecular weight is 205 g/mol. The lowest BCUT2D eigenvalue weighted by Crippen LogP contribution is -2.14. The number of aromatic amines is 1. The molecule has 0 aliphatic heterocycles. The minimum atomic E-state index is -0.231. The van der Waals surface area contributed by atoms with Crippen LogP contribution in [0.15, 0.2) is 36.7 Å². The summed E-state index contributed by atoms with van der Waals surface area (Å²) < 4.78 is 12.6. The van der Waals surface area contributed by atoms with Crippen molar-refractivity contribution >= 4 is 0 Å². The number of nitrogens with one attached hydrogen (secondary N) is 1. The van der Waals surface area contributed by atoms with Crippen LogP contribution in [0.3, 0.4) is 0 Å². The summed E-state index contributed by atoms with van der Waals surface area (Å²) >= 11 is 0. The van der Waals surface area contributed by atoms with Gasteiger partial charge >= 0.3 is 0 Å². The Labute approximate surface area is 87.2 Å². The molecule has 15 heavy (non-hydrogen) atoms. The second-order valence-corrected chi connectivity index (χ2v) is 3.41. The lowest BCUT2D eigenvalue weighted by Gasteiger charge is -2.08. The van der Waals surface area contributed by atoms with Crippen molar-refractivity contribution in [3.05, 3.63) is 53.9 Å². The van der Waals surface area contributed by atoms with E-state index in [1.807, 2.05) is 0 Å². The maximum absolute atomic E-state index is 12.6. The predicted octanol–water partition coefficient (Wildman–Crippen LogP) is 1.79. The van der Waals surface area contributed by atoms with Crippen LogP contribution in [0.25, 0.3) is 0 Å². The Morgan fingerprint density at radius 3 is 2.67 bits per heavy atom. The number of aromatic nitrogens is 2. The van der Waals surface area contributed by atoms with E-state index in [1.54, 1.807) is 24.5 Å². The first-order chi connectivity index (χ1) is 7.25. The lowest BCUT2D eigenvalue weighted by atomic mass is 10.1. The quantitative estimate of drug-likeness (QED) is 0.802. The Bertz CT molecular complexity index is 408. The molecule has 2 rings (SSSR count). The highest BCUT2D eigenvalue weighted by atomic mass is 19.1. The van der Waals surface area contributed by atoms with Gasteiger partial charge in [0.25, 0.3) is 0 Å². The largest absolute Gasteiger partial charge is 0.347 e. The van der Waals surface area contributed by atoms with Gasteiger partial charge in [0.1, 0.15) is 11.6 Å². The van der Waals surface area contributed by atoms with Crippen LogP contribution >= 0.6 is 0 Å². The summed E-state index contributed by atoms with van der Waals surface area (Å²) in [6.45, 7) is 0. The van der Waals surface area contributed by atoms with Gasteiger partial charge in [0.15, 0.2) is 0 Å². The fraction of sp³-hybridized carbons (Fsp3) is 0.182. The van der Waals surface area contributed by atoms with Crippen LogP contribution in [-0.4, -0.2) is 9.97 Å². The summed E-state index contributed by atoms with van der Waals surface area (Å²) in [5.74, 6) is 0.518. The molecule has 0 aliphatic carbocycles. The van der Waals surface area contributed by atoms with Gasteiger partial charge < -0.3 is 10.7 Å². The van der Waals surface area contributed by atoms with Crippen molar-refractivity contribution in [2.45, 2.75) is 12.5 Å². The van der Waals surface area contributed by atoms with Gasteiger partial charge in [-0.3, -0.25) is 0 Å². The number of H-pyrrole nitrogens is 1. The number of imidazole rings is 1. The van der Waals surface area contributed by atoms with Crippen molar-refractivity contribution < 1.29 is 4.39 Å². The SMILES string of the molecule is NC(Cc1ccc(F)cc1)c1ncc[nH]1. The van der Waals surface area contributed by atoms with Crippen LogP contribution in [0.2, 0.25) is 0 Å². The second-order valence-electron chi connectivity index (χ2n) is 3.41. The third-order valence-electron chi connectivity index (χ3n) is 2.24. The standard InChI is InChI=1S/C11H12FN3/c12-9-3-1-8(2-4-9)7-10(13)11-14-5-6-15-11/h1-6,10H,7,13H2,(H,14,15). The molecule has 0 saturated carbocycles. The van der Waals surface area contributed by atoms with E-state index in [2.05, 4.69) is 9.97 Å². The summed E-state index contributed by atoms with van der Waals surface area (Å²) in [7, 11) is 0. The summed E-state index contributed by atoms with van der Waals surface area (Å²) in [4.78, 5) is 7.03. The highest BCUT2D eigenvalue weighted by Crippen LogP contribution is 2.12. The van der Waals surface area contributed by atoms with Crippen molar-refractivity contribution in [2.24, 2.45) is 5.73 Å². The zero-order chi connectivity index (χ0) is 10.7. The summed E-state index contributed by atoms with van der Waals surface area (Å²) in [5, 5.41) is 0. The Morgan fingerprint density at radius 2 is 2.07 bits per heavy atom. The number of benzene rings is 1. The van der Waals surface area contributed by atoms with Gasteiger partial charge in [-0.2, -0.15) is 0 Å². The van der Waals surface area contributed by atoms with E-state index < -0.39 is 0 Å². The first kappa shape index (κ1) is 9.86. The number of halogens is 1. The number of nitrogens with two attached hydrogens (primary N) is 1. The first-order valence-corrected chi connectivity index (χ1v) is 4.75. The third-order valence-corrected chi connectivity index (χ3v) is 2.24. The molecular formula is C11H12FN3. The third kappa shape index (κ3) is 2.41. The first-order valence-electron chi connectivity index (χ1n) is 4.75. The van der Waals surface area contributed by atoms with Crippen LogP contribution < -0.4 is 5.73 Å². The van der Waals surface area contributed by atoms with Crippen LogP contribution in [0.1, 0.15) is 17.4 Å². The summed E-state index contributed by atoms with van der Waals surface area (Å²) in [6, 6.07) is 6.16. The topological polar surface area (TPSA) is 54.7 Å². The molecule has 3 N–H and O–H groups in total. The molecule has 0 aliphatic rings. The van der Waals surface area contributed by atoms with Crippen molar-refractivity contribution in [1.29, 1.82) is 0 Å². The van der Waals surface area contributed by atoms with E-state index in [-0.39, 0.29) is 11.9 Å². The van der Waals surface area contributed by atoms with E-state index >= 15 is 0 Å². The Balaban J connectivity index is 2.06. The van der Waals surface area contributed by atoms with Gasteiger partial charge in [-0.1, -0.05) is 12.1 Å². The molecule has 0 fully saturated rings. The zero-order valence-corrected chi connectivity index (χ0v) is 8.15. The predicted molar refractivity (Wildman–Crippen MR) is 55.6 cm³/mol. The molecule has 0 bridgehead atoms. The number of hydrogen-bond donors (Lipinski definition) is 2. The molecule has 2 aromatic rings. The molecule has 0 spiro atoms. The fourth-order valence-corrected chi connectivity index (χ4v) is 1.45. The molecule has 3 nitrogen and oxygen atoms in total.